The summed E-state index contributed by atoms with van der Waals surface area (Å²) in [6, 6.07) is 6.17. The minimum Gasteiger partial charge on any atom is -0.496 e. The van der Waals surface area contributed by atoms with Crippen LogP contribution in [0.15, 0.2) is 23.2 Å². The Kier molecular flexibility index (Phi) is 8.83. The van der Waals surface area contributed by atoms with Gasteiger partial charge in [0.2, 0.25) is 0 Å². The van der Waals surface area contributed by atoms with Crippen molar-refractivity contribution >= 4 is 29.9 Å². The molecule has 5 nitrogen and oxygen atoms in total. The Balaban J connectivity index is 0.00000288. The van der Waals surface area contributed by atoms with Gasteiger partial charge in [-0.1, -0.05) is 12.1 Å². The normalized spacial score (nSPS) is 20.4. The number of nitrogens with zero attached hydrogens (tertiary/aromatic N) is 1. The first kappa shape index (κ1) is 21.0. The first-order chi connectivity index (χ1) is 11.1. The Morgan fingerprint density at radius 2 is 2.17 bits per heavy atom. The Morgan fingerprint density at radius 1 is 1.38 bits per heavy atom. The fourth-order valence-electron chi connectivity index (χ4n) is 2.80. The van der Waals surface area contributed by atoms with Gasteiger partial charge >= 0.3 is 0 Å². The van der Waals surface area contributed by atoms with Gasteiger partial charge in [0.1, 0.15) is 5.75 Å². The van der Waals surface area contributed by atoms with Crippen LogP contribution in [-0.4, -0.2) is 38.4 Å². The average Bonchev–Trinajstić information content (AvgIpc) is 2.97. The van der Waals surface area contributed by atoms with E-state index < -0.39 is 0 Å². The largest absolute Gasteiger partial charge is 0.496 e. The fourth-order valence-corrected chi connectivity index (χ4v) is 2.80. The fraction of sp³-hybridized carbons (Fsp3) is 0.611. The van der Waals surface area contributed by atoms with Crippen LogP contribution >= 0.6 is 24.0 Å². The van der Waals surface area contributed by atoms with Crippen LogP contribution in [0.1, 0.15) is 37.8 Å². The van der Waals surface area contributed by atoms with Crippen LogP contribution in [0.5, 0.6) is 5.75 Å². The summed E-state index contributed by atoms with van der Waals surface area (Å²) >= 11 is 0. The highest BCUT2D eigenvalue weighted by Crippen LogP contribution is 2.23. The third-order valence-electron chi connectivity index (χ3n) is 4.15. The molecule has 0 amide bonds. The molecule has 0 radical (unpaired) electrons. The number of nitrogens with one attached hydrogen (secondary N) is 2. The number of halogens is 1. The van der Waals surface area contributed by atoms with Gasteiger partial charge in [-0.05, 0) is 50.8 Å². The number of guanidine groups is 1. The van der Waals surface area contributed by atoms with Gasteiger partial charge in [0.05, 0.1) is 19.3 Å². The quantitative estimate of drug-likeness (QED) is 0.400. The highest BCUT2D eigenvalue weighted by atomic mass is 127. The number of hydrogen-bond acceptors (Lipinski definition) is 3. The van der Waals surface area contributed by atoms with E-state index in [2.05, 4.69) is 41.6 Å². The van der Waals surface area contributed by atoms with Crippen molar-refractivity contribution in [1.82, 2.24) is 10.6 Å². The molecule has 1 aromatic carbocycles. The summed E-state index contributed by atoms with van der Waals surface area (Å²) in [5.41, 5.74) is 2.22. The van der Waals surface area contributed by atoms with Crippen molar-refractivity contribution < 1.29 is 9.47 Å². The molecule has 0 spiro atoms. The van der Waals surface area contributed by atoms with Gasteiger partial charge in [-0.25, -0.2) is 4.99 Å². The zero-order chi connectivity index (χ0) is 16.7. The van der Waals surface area contributed by atoms with E-state index in [1.807, 2.05) is 13.0 Å². The number of ether oxygens (including phenoxy) is 2. The van der Waals surface area contributed by atoms with Crippen LogP contribution in [0, 0.1) is 6.92 Å². The monoisotopic (exact) mass is 447 g/mol. The van der Waals surface area contributed by atoms with Gasteiger partial charge in [0.15, 0.2) is 5.96 Å². The maximum atomic E-state index is 5.81. The van der Waals surface area contributed by atoms with Crippen LogP contribution in [0.3, 0.4) is 0 Å². The summed E-state index contributed by atoms with van der Waals surface area (Å²) in [6.45, 7) is 9.39. The molecule has 1 saturated heterocycles. The molecule has 1 unspecified atom stereocenters. The second-order valence-corrected chi connectivity index (χ2v) is 6.25. The van der Waals surface area contributed by atoms with E-state index in [4.69, 9.17) is 9.47 Å². The lowest BCUT2D eigenvalue weighted by Gasteiger charge is -2.24. The van der Waals surface area contributed by atoms with Crippen molar-refractivity contribution in [2.75, 3.05) is 26.8 Å². The van der Waals surface area contributed by atoms with E-state index in [0.717, 1.165) is 49.8 Å². The molecular weight excluding hydrogens is 417 g/mol. The van der Waals surface area contributed by atoms with Crippen LogP contribution in [0.4, 0.5) is 0 Å². The van der Waals surface area contributed by atoms with Gasteiger partial charge in [0, 0.05) is 19.7 Å². The summed E-state index contributed by atoms with van der Waals surface area (Å²) in [4.78, 5) is 4.67. The number of aryl methyl sites for hydroxylation is 1. The summed E-state index contributed by atoms with van der Waals surface area (Å²) in [5, 5.41) is 6.69. The molecule has 1 aliphatic heterocycles. The van der Waals surface area contributed by atoms with Gasteiger partial charge in [0.25, 0.3) is 0 Å². The Morgan fingerprint density at radius 3 is 2.75 bits per heavy atom. The van der Waals surface area contributed by atoms with Crippen LogP contribution in [0.25, 0.3) is 0 Å². The van der Waals surface area contributed by atoms with E-state index in [-0.39, 0.29) is 29.6 Å². The van der Waals surface area contributed by atoms with Crippen molar-refractivity contribution in [3.63, 3.8) is 0 Å². The zero-order valence-corrected chi connectivity index (χ0v) is 17.5. The van der Waals surface area contributed by atoms with Gasteiger partial charge in [-0.2, -0.15) is 0 Å². The van der Waals surface area contributed by atoms with E-state index in [1.54, 1.807) is 7.11 Å². The van der Waals surface area contributed by atoms with E-state index >= 15 is 0 Å². The van der Waals surface area contributed by atoms with E-state index in [0.29, 0.717) is 6.54 Å². The van der Waals surface area contributed by atoms with Crippen molar-refractivity contribution in [3.8, 4) is 5.75 Å². The van der Waals surface area contributed by atoms with Crippen molar-refractivity contribution in [3.05, 3.63) is 29.3 Å². The topological polar surface area (TPSA) is 54.9 Å². The Bertz CT molecular complexity index is 543. The minimum absolute atomic E-state index is 0. The average molecular weight is 447 g/mol. The second kappa shape index (κ2) is 10.1. The number of aliphatic imine (C=N–C) groups is 1. The number of methoxy groups -OCH3 is 1. The predicted octanol–water partition coefficient (Wildman–Crippen LogP) is 3.25. The van der Waals surface area contributed by atoms with Crippen molar-refractivity contribution in [1.29, 1.82) is 0 Å². The van der Waals surface area contributed by atoms with Gasteiger partial charge in [-0.3, -0.25) is 0 Å². The molecule has 1 heterocycles. The molecular formula is C18H30IN3O2. The number of benzene rings is 1. The van der Waals surface area contributed by atoms with E-state index in [9.17, 15) is 0 Å². The summed E-state index contributed by atoms with van der Waals surface area (Å²) in [6.07, 6.45) is 2.23. The smallest absolute Gasteiger partial charge is 0.191 e. The summed E-state index contributed by atoms with van der Waals surface area (Å²) < 4.78 is 11.1. The Labute approximate surface area is 162 Å². The second-order valence-electron chi connectivity index (χ2n) is 6.25. The molecule has 1 atom stereocenters. The van der Waals surface area contributed by atoms with Crippen LogP contribution in [0.2, 0.25) is 0 Å². The van der Waals surface area contributed by atoms with Crippen molar-refractivity contribution in [2.45, 2.75) is 45.8 Å². The molecule has 136 valence electrons. The molecule has 0 saturated carbocycles. The lowest BCUT2D eigenvalue weighted by molar-refractivity contribution is 0.0243. The summed E-state index contributed by atoms with van der Waals surface area (Å²) in [7, 11) is 1.69. The standard InChI is InChI=1S/C18H29N3O2.HI/c1-5-19-17(21-13-18(3)9-6-10-23-18)20-12-15-7-8-16(22-4)14(2)11-15;/h7-8,11H,5-6,9-10,12-13H2,1-4H3,(H2,19,20,21);1H. The van der Waals surface area contributed by atoms with Gasteiger partial charge in [-0.15, -0.1) is 24.0 Å². The first-order valence-electron chi connectivity index (χ1n) is 8.36. The number of rotatable bonds is 6. The third-order valence-corrected chi connectivity index (χ3v) is 4.15. The molecule has 1 fully saturated rings. The minimum atomic E-state index is -0.0765. The molecule has 1 aromatic rings. The molecule has 2 N–H and O–H groups in total. The first-order valence-corrected chi connectivity index (χ1v) is 8.36. The summed E-state index contributed by atoms with van der Waals surface area (Å²) in [5.74, 6) is 1.74. The SMILES string of the molecule is CCNC(=NCc1ccc(OC)c(C)c1)NCC1(C)CCCO1.I. The molecule has 0 aliphatic carbocycles. The molecule has 1 aliphatic rings. The lowest BCUT2D eigenvalue weighted by atomic mass is 10.0. The Hall–Kier alpha value is -1.02. The maximum absolute atomic E-state index is 5.81. The number of hydrogen-bond donors (Lipinski definition) is 2. The van der Waals surface area contributed by atoms with Crippen LogP contribution in [-0.2, 0) is 11.3 Å². The zero-order valence-electron chi connectivity index (χ0n) is 15.1. The van der Waals surface area contributed by atoms with Gasteiger partial charge < -0.3 is 20.1 Å². The highest BCUT2D eigenvalue weighted by molar-refractivity contribution is 14.0. The molecule has 0 aromatic heterocycles. The third kappa shape index (κ3) is 6.12. The van der Waals surface area contributed by atoms with Crippen molar-refractivity contribution in [2.24, 2.45) is 4.99 Å². The molecule has 0 bridgehead atoms. The molecule has 2 rings (SSSR count). The van der Waals surface area contributed by atoms with E-state index in [1.165, 1.54) is 5.56 Å². The predicted molar refractivity (Wildman–Crippen MR) is 110 cm³/mol. The lowest BCUT2D eigenvalue weighted by Crippen LogP contribution is -2.45. The maximum Gasteiger partial charge on any atom is 0.191 e. The van der Waals surface area contributed by atoms with Crippen LogP contribution < -0.4 is 15.4 Å². The molecule has 24 heavy (non-hydrogen) atoms. The highest BCUT2D eigenvalue weighted by Gasteiger charge is 2.29. The molecule has 6 heteroatoms.